The smallest absolute Gasteiger partial charge is 0.258 e. The molecule has 0 saturated carbocycles. The minimum absolute atomic E-state index is 0.0931. The zero-order valence-electron chi connectivity index (χ0n) is 19.1. The van der Waals surface area contributed by atoms with Gasteiger partial charge in [-0.25, -0.2) is 24.3 Å². The van der Waals surface area contributed by atoms with Crippen LogP contribution in [0.4, 0.5) is 14.5 Å². The first-order valence-electron chi connectivity index (χ1n) is 11.4. The first-order chi connectivity index (χ1) is 17.0. The lowest BCUT2D eigenvalue weighted by molar-refractivity contribution is -0.123. The Balaban J connectivity index is 1.32. The van der Waals surface area contributed by atoms with Crippen LogP contribution in [0.5, 0.6) is 5.75 Å². The van der Waals surface area contributed by atoms with Gasteiger partial charge in [0.05, 0.1) is 24.4 Å². The van der Waals surface area contributed by atoms with E-state index in [2.05, 4.69) is 25.3 Å². The van der Waals surface area contributed by atoms with E-state index in [1.54, 1.807) is 24.7 Å². The van der Waals surface area contributed by atoms with Crippen molar-refractivity contribution in [1.82, 2.24) is 25.3 Å². The van der Waals surface area contributed by atoms with Crippen molar-refractivity contribution in [3.05, 3.63) is 59.7 Å². The second-order valence-corrected chi connectivity index (χ2v) is 8.44. The Morgan fingerprint density at radius 2 is 2.06 bits per heavy atom. The minimum atomic E-state index is -1.13. The number of benzene rings is 1. The molecule has 9 nitrogen and oxygen atoms in total. The Labute approximate surface area is 200 Å². The van der Waals surface area contributed by atoms with Crippen LogP contribution in [0.1, 0.15) is 30.6 Å². The number of carbonyl (C=O) groups is 1. The van der Waals surface area contributed by atoms with Gasteiger partial charge in [-0.15, -0.1) is 0 Å². The maximum Gasteiger partial charge on any atom is 0.258 e. The number of amides is 1. The van der Waals surface area contributed by atoms with Crippen molar-refractivity contribution in [2.45, 2.75) is 31.8 Å². The van der Waals surface area contributed by atoms with E-state index < -0.39 is 24.1 Å². The topological polar surface area (TPSA) is 102 Å². The monoisotopic (exact) mass is 482 g/mol. The highest BCUT2D eigenvalue weighted by Gasteiger charge is 2.28. The third kappa shape index (κ3) is 4.90. The molecule has 1 fully saturated rings. The molecule has 5 rings (SSSR count). The van der Waals surface area contributed by atoms with Crippen molar-refractivity contribution in [2.75, 3.05) is 31.3 Å². The van der Waals surface area contributed by atoms with E-state index in [9.17, 15) is 13.6 Å². The van der Waals surface area contributed by atoms with Crippen LogP contribution in [0.3, 0.4) is 0 Å². The molecule has 2 unspecified atom stereocenters. The fourth-order valence-corrected chi connectivity index (χ4v) is 4.32. The van der Waals surface area contributed by atoms with E-state index in [0.29, 0.717) is 49.9 Å². The molecule has 1 amide bonds. The van der Waals surface area contributed by atoms with Gasteiger partial charge >= 0.3 is 0 Å². The van der Waals surface area contributed by atoms with Crippen LogP contribution in [0.2, 0.25) is 0 Å². The van der Waals surface area contributed by atoms with Crippen LogP contribution in [0.15, 0.2) is 36.8 Å². The van der Waals surface area contributed by atoms with Gasteiger partial charge in [0.25, 0.3) is 5.91 Å². The van der Waals surface area contributed by atoms with Crippen molar-refractivity contribution < 1.29 is 23.0 Å². The third-order valence-corrected chi connectivity index (χ3v) is 6.14. The molecule has 35 heavy (non-hydrogen) atoms. The van der Waals surface area contributed by atoms with Crippen LogP contribution in [0.25, 0.3) is 11.6 Å². The normalized spacial score (nSPS) is 19.3. The summed E-state index contributed by atoms with van der Waals surface area (Å²) in [5.41, 5.74) is 2.18. The molecule has 1 N–H and O–H groups in total. The van der Waals surface area contributed by atoms with Crippen molar-refractivity contribution in [3.63, 3.8) is 0 Å². The first kappa shape index (κ1) is 23.0. The number of fused-ring (bicyclic) bond motifs is 1. The standard InChI is InChI=1S/C24H24F2N6O3/c1-14-17-11-29-24(23-27-5-2-6-28-23)31-19(17)3-7-32(14)16-9-18(25)22(26)20(10-16)35-13-21(33)30-15-4-8-34-12-15/h2,5-6,9-11,14-15H,3-4,7-8,12-13H2,1H3,(H,30,33). The molecule has 0 spiro atoms. The summed E-state index contributed by atoms with van der Waals surface area (Å²) in [5, 5.41) is 2.76. The summed E-state index contributed by atoms with van der Waals surface area (Å²) in [5.74, 6) is -2.03. The van der Waals surface area contributed by atoms with Gasteiger partial charge in [0.1, 0.15) is 0 Å². The molecular weight excluding hydrogens is 458 g/mol. The number of ether oxygens (including phenoxy) is 2. The summed E-state index contributed by atoms with van der Waals surface area (Å²) >= 11 is 0. The van der Waals surface area contributed by atoms with Crippen molar-refractivity contribution in [2.24, 2.45) is 0 Å². The largest absolute Gasteiger partial charge is 0.481 e. The lowest BCUT2D eigenvalue weighted by Gasteiger charge is -2.36. The second kappa shape index (κ2) is 9.87. The van der Waals surface area contributed by atoms with Crippen LogP contribution >= 0.6 is 0 Å². The van der Waals surface area contributed by atoms with Gasteiger partial charge in [-0.1, -0.05) is 0 Å². The highest BCUT2D eigenvalue weighted by Crippen LogP contribution is 2.36. The summed E-state index contributed by atoms with van der Waals surface area (Å²) < 4.78 is 39.5. The van der Waals surface area contributed by atoms with Gasteiger partial charge in [-0.3, -0.25) is 4.79 Å². The number of nitrogens with one attached hydrogen (secondary N) is 1. The molecule has 2 aromatic heterocycles. The molecule has 2 aliphatic heterocycles. The molecular formula is C24H24F2N6O3. The highest BCUT2D eigenvalue weighted by atomic mass is 19.2. The van der Waals surface area contributed by atoms with E-state index in [-0.39, 0.29) is 17.8 Å². The number of nitrogens with zero attached hydrogens (tertiary/aromatic N) is 5. The number of hydrogen-bond donors (Lipinski definition) is 1. The van der Waals surface area contributed by atoms with E-state index in [1.807, 2.05) is 11.8 Å². The van der Waals surface area contributed by atoms with Gasteiger partial charge in [0.15, 0.2) is 29.8 Å². The molecule has 0 radical (unpaired) electrons. The summed E-state index contributed by atoms with van der Waals surface area (Å²) in [6, 6.07) is 3.97. The van der Waals surface area contributed by atoms with Crippen LogP contribution in [-0.4, -0.2) is 58.3 Å². The summed E-state index contributed by atoms with van der Waals surface area (Å²) in [4.78, 5) is 31.5. The zero-order chi connectivity index (χ0) is 24.4. The molecule has 2 aliphatic rings. The molecule has 0 aliphatic carbocycles. The second-order valence-electron chi connectivity index (χ2n) is 8.44. The van der Waals surface area contributed by atoms with E-state index in [4.69, 9.17) is 9.47 Å². The Morgan fingerprint density at radius 1 is 1.23 bits per heavy atom. The Kier molecular flexibility index (Phi) is 6.49. The zero-order valence-corrected chi connectivity index (χ0v) is 19.1. The fourth-order valence-electron chi connectivity index (χ4n) is 4.32. The fraction of sp³-hybridized carbons (Fsp3) is 0.375. The van der Waals surface area contributed by atoms with Crippen molar-refractivity contribution in [1.29, 1.82) is 0 Å². The molecule has 3 aromatic rings. The molecule has 0 bridgehead atoms. The Bertz CT molecular complexity index is 1220. The van der Waals surface area contributed by atoms with E-state index in [0.717, 1.165) is 17.3 Å². The predicted octanol–water partition coefficient (Wildman–Crippen LogP) is 2.62. The molecule has 182 valence electrons. The molecule has 11 heteroatoms. The number of anilines is 1. The summed E-state index contributed by atoms with van der Waals surface area (Å²) in [6.45, 7) is 3.05. The maximum absolute atomic E-state index is 14.5. The van der Waals surface area contributed by atoms with Crippen molar-refractivity contribution in [3.8, 4) is 17.4 Å². The van der Waals surface area contributed by atoms with E-state index in [1.165, 1.54) is 6.07 Å². The molecule has 1 aromatic carbocycles. The van der Waals surface area contributed by atoms with Gasteiger partial charge < -0.3 is 19.7 Å². The van der Waals surface area contributed by atoms with Crippen LogP contribution in [-0.2, 0) is 16.0 Å². The van der Waals surface area contributed by atoms with Gasteiger partial charge in [0, 0.05) is 61.5 Å². The maximum atomic E-state index is 14.5. The van der Waals surface area contributed by atoms with Crippen LogP contribution < -0.4 is 15.0 Å². The lowest BCUT2D eigenvalue weighted by atomic mass is 9.98. The Hall–Kier alpha value is -3.73. The average molecular weight is 482 g/mol. The minimum Gasteiger partial charge on any atom is -0.481 e. The lowest BCUT2D eigenvalue weighted by Crippen LogP contribution is -2.38. The molecule has 1 saturated heterocycles. The number of aromatic nitrogens is 4. The summed E-state index contributed by atoms with van der Waals surface area (Å²) in [7, 11) is 0. The first-order valence-corrected chi connectivity index (χ1v) is 11.4. The number of carbonyl (C=O) groups excluding carboxylic acids is 1. The molecule has 4 heterocycles. The summed E-state index contributed by atoms with van der Waals surface area (Å²) in [6.07, 6.45) is 6.26. The Morgan fingerprint density at radius 3 is 2.83 bits per heavy atom. The quantitative estimate of drug-likeness (QED) is 0.572. The van der Waals surface area contributed by atoms with Crippen molar-refractivity contribution >= 4 is 11.6 Å². The van der Waals surface area contributed by atoms with Gasteiger partial charge in [-0.05, 0) is 19.4 Å². The van der Waals surface area contributed by atoms with Gasteiger partial charge in [-0.2, -0.15) is 4.39 Å². The molecule has 2 atom stereocenters. The van der Waals surface area contributed by atoms with Gasteiger partial charge in [0.2, 0.25) is 5.82 Å². The predicted molar refractivity (Wildman–Crippen MR) is 122 cm³/mol. The SMILES string of the molecule is CC1c2cnc(-c3ncccn3)nc2CCN1c1cc(F)c(F)c(OCC(=O)NC2CCOC2)c1. The highest BCUT2D eigenvalue weighted by molar-refractivity contribution is 5.78. The van der Waals surface area contributed by atoms with Crippen LogP contribution in [0, 0.1) is 11.6 Å². The number of hydrogen-bond acceptors (Lipinski definition) is 8. The number of rotatable bonds is 6. The third-order valence-electron chi connectivity index (χ3n) is 6.14. The average Bonchev–Trinajstić information content (AvgIpc) is 3.38. The number of halogens is 2. The van der Waals surface area contributed by atoms with E-state index >= 15 is 0 Å².